The second kappa shape index (κ2) is 7.35. The summed E-state index contributed by atoms with van der Waals surface area (Å²) < 4.78 is 6.99. The average Bonchev–Trinajstić information content (AvgIpc) is 3.28. The van der Waals surface area contributed by atoms with E-state index < -0.39 is 0 Å². The van der Waals surface area contributed by atoms with Gasteiger partial charge in [-0.2, -0.15) is 5.10 Å². The van der Waals surface area contributed by atoms with Gasteiger partial charge in [-0.25, -0.2) is 4.68 Å². The fourth-order valence-corrected chi connectivity index (χ4v) is 4.93. The summed E-state index contributed by atoms with van der Waals surface area (Å²) in [5.74, 6) is 0.752. The maximum absolute atomic E-state index is 12.8. The van der Waals surface area contributed by atoms with E-state index in [2.05, 4.69) is 0 Å². The molecule has 6 nitrogen and oxygen atoms in total. The molecular formula is C23H23N3O3. The van der Waals surface area contributed by atoms with Crippen LogP contribution < -0.4 is 5.56 Å². The van der Waals surface area contributed by atoms with Crippen molar-refractivity contribution in [3.63, 3.8) is 0 Å². The maximum atomic E-state index is 12.8. The van der Waals surface area contributed by atoms with Crippen LogP contribution in [0.4, 0.5) is 0 Å². The molecule has 2 aliphatic rings. The van der Waals surface area contributed by atoms with Gasteiger partial charge in [0.2, 0.25) is 0 Å². The smallest absolute Gasteiger partial charge is 0.289 e. The lowest BCUT2D eigenvalue weighted by Crippen LogP contribution is -2.53. The molecule has 2 fully saturated rings. The Morgan fingerprint density at radius 3 is 2.41 bits per heavy atom. The number of carbonyl (C=O) groups excluding carboxylic acids is 1. The summed E-state index contributed by atoms with van der Waals surface area (Å²) in [6, 6.07) is 16.8. The topological polar surface area (TPSA) is 68.3 Å². The van der Waals surface area contributed by atoms with Crippen molar-refractivity contribution >= 4 is 5.91 Å². The predicted octanol–water partition coefficient (Wildman–Crippen LogP) is 3.62. The van der Waals surface area contributed by atoms with Crippen LogP contribution in [0.25, 0.3) is 11.3 Å². The Bertz CT molecular complexity index is 1040. The molecule has 1 amide bonds. The first-order valence-corrected chi connectivity index (χ1v) is 10.2. The Hall–Kier alpha value is -3.15. The molecule has 29 heavy (non-hydrogen) atoms. The molecule has 3 atom stereocenters. The van der Waals surface area contributed by atoms with Crippen LogP contribution >= 0.6 is 0 Å². The van der Waals surface area contributed by atoms with Gasteiger partial charge in [0.25, 0.3) is 11.5 Å². The van der Waals surface area contributed by atoms with Crippen molar-refractivity contribution in [1.82, 2.24) is 14.7 Å². The molecular weight excluding hydrogens is 366 g/mol. The van der Waals surface area contributed by atoms with Crippen molar-refractivity contribution < 1.29 is 9.21 Å². The van der Waals surface area contributed by atoms with Crippen molar-refractivity contribution in [3.8, 4) is 11.3 Å². The third-order valence-electron chi connectivity index (χ3n) is 6.22. The molecule has 1 aliphatic carbocycles. The number of fused-ring (bicyclic) bond motifs is 2. The Labute approximate surface area is 168 Å². The highest BCUT2D eigenvalue weighted by Crippen LogP contribution is 2.42. The molecule has 2 aromatic heterocycles. The van der Waals surface area contributed by atoms with Crippen LogP contribution in [0, 0.1) is 11.8 Å². The highest BCUT2D eigenvalue weighted by Gasteiger charge is 2.43. The number of hydrogen-bond acceptors (Lipinski definition) is 4. The summed E-state index contributed by atoms with van der Waals surface area (Å²) in [6.07, 6.45) is 4.64. The minimum absolute atomic E-state index is 0.0283. The fourth-order valence-electron chi connectivity index (χ4n) is 4.93. The zero-order valence-electron chi connectivity index (χ0n) is 16.1. The van der Waals surface area contributed by atoms with Gasteiger partial charge in [0, 0.05) is 24.7 Å². The third-order valence-corrected chi connectivity index (χ3v) is 6.22. The summed E-state index contributed by atoms with van der Waals surface area (Å²) >= 11 is 0. The van der Waals surface area contributed by atoms with Gasteiger partial charge in [0.15, 0.2) is 5.76 Å². The first kappa shape index (κ1) is 17.9. The molecule has 2 bridgehead atoms. The van der Waals surface area contributed by atoms with E-state index in [9.17, 15) is 9.59 Å². The molecule has 1 saturated heterocycles. The van der Waals surface area contributed by atoms with Crippen LogP contribution in [0.5, 0.6) is 0 Å². The number of nitrogens with zero attached hydrogens (tertiary/aromatic N) is 3. The van der Waals surface area contributed by atoms with E-state index in [1.807, 2.05) is 35.2 Å². The number of piperidine rings is 1. The first-order valence-electron chi connectivity index (χ1n) is 10.2. The molecule has 1 saturated carbocycles. The zero-order chi connectivity index (χ0) is 19.8. The molecule has 1 unspecified atom stereocenters. The van der Waals surface area contributed by atoms with E-state index in [1.165, 1.54) is 6.26 Å². The quantitative estimate of drug-likeness (QED) is 0.686. The monoisotopic (exact) mass is 389 g/mol. The van der Waals surface area contributed by atoms with Gasteiger partial charge in [0.05, 0.1) is 18.0 Å². The van der Waals surface area contributed by atoms with Gasteiger partial charge < -0.3 is 9.32 Å². The van der Waals surface area contributed by atoms with Gasteiger partial charge in [0.1, 0.15) is 0 Å². The van der Waals surface area contributed by atoms with Crippen molar-refractivity contribution in [3.05, 3.63) is 77.0 Å². The number of aromatic nitrogens is 2. The number of furan rings is 1. The molecule has 5 rings (SSSR count). The van der Waals surface area contributed by atoms with Crippen molar-refractivity contribution in [2.24, 2.45) is 11.8 Å². The normalized spacial score (nSPS) is 23.7. The number of benzene rings is 1. The molecule has 1 aromatic carbocycles. The Morgan fingerprint density at radius 2 is 1.72 bits per heavy atom. The van der Waals surface area contributed by atoms with Gasteiger partial charge >= 0.3 is 0 Å². The van der Waals surface area contributed by atoms with E-state index >= 15 is 0 Å². The standard InChI is InChI=1S/C23H23N3O3/c27-21-12-11-19(16-6-2-1-3-7-16)24-26(21)22-17-8-4-9-18(22)15-25(14-17)23(28)20-10-5-13-29-20/h1-3,5-7,10-13,17-18,22H,4,8-9,14-15H2/t17-,18+,22?. The minimum Gasteiger partial charge on any atom is -0.459 e. The van der Waals surface area contributed by atoms with Crippen LogP contribution in [0.1, 0.15) is 35.9 Å². The second-order valence-corrected chi connectivity index (χ2v) is 8.00. The lowest BCUT2D eigenvalue weighted by Gasteiger charge is -2.47. The average molecular weight is 389 g/mol. The number of likely N-dealkylation sites (tertiary alicyclic amines) is 1. The van der Waals surface area contributed by atoms with Crippen molar-refractivity contribution in [2.75, 3.05) is 13.1 Å². The van der Waals surface area contributed by atoms with Crippen molar-refractivity contribution in [2.45, 2.75) is 25.3 Å². The molecule has 3 heterocycles. The van der Waals surface area contributed by atoms with E-state index in [0.29, 0.717) is 18.8 Å². The third kappa shape index (κ3) is 3.28. The molecule has 0 radical (unpaired) electrons. The molecule has 6 heteroatoms. The minimum atomic E-state index is -0.0719. The SMILES string of the molecule is O=C(c1ccco1)N1C[C@H]2CCC[C@@H](C1)C2n1nc(-c2ccccc2)ccc1=O. The van der Waals surface area contributed by atoms with Crippen LogP contribution in [0.2, 0.25) is 0 Å². The molecule has 148 valence electrons. The van der Waals surface area contributed by atoms with Crippen LogP contribution in [0.15, 0.2) is 70.1 Å². The van der Waals surface area contributed by atoms with E-state index in [0.717, 1.165) is 30.5 Å². The number of hydrogen-bond donors (Lipinski definition) is 0. The maximum Gasteiger partial charge on any atom is 0.289 e. The molecule has 3 aromatic rings. The summed E-state index contributed by atoms with van der Waals surface area (Å²) in [5, 5.41) is 4.75. The summed E-state index contributed by atoms with van der Waals surface area (Å²) in [5.41, 5.74) is 1.73. The van der Waals surface area contributed by atoms with E-state index in [4.69, 9.17) is 9.52 Å². The van der Waals surface area contributed by atoms with Gasteiger partial charge in [-0.3, -0.25) is 9.59 Å². The van der Waals surface area contributed by atoms with Gasteiger partial charge in [-0.15, -0.1) is 0 Å². The number of rotatable bonds is 3. The predicted molar refractivity (Wildman–Crippen MR) is 108 cm³/mol. The van der Waals surface area contributed by atoms with Crippen LogP contribution in [-0.2, 0) is 0 Å². The lowest BCUT2D eigenvalue weighted by molar-refractivity contribution is 0.0177. The summed E-state index contributed by atoms with van der Waals surface area (Å²) in [6.45, 7) is 1.26. The number of carbonyl (C=O) groups is 1. The van der Waals surface area contributed by atoms with E-state index in [1.54, 1.807) is 28.9 Å². The van der Waals surface area contributed by atoms with E-state index in [-0.39, 0.29) is 29.3 Å². The highest BCUT2D eigenvalue weighted by atomic mass is 16.3. The summed E-state index contributed by atoms with van der Waals surface area (Å²) in [7, 11) is 0. The number of amides is 1. The zero-order valence-corrected chi connectivity index (χ0v) is 16.1. The lowest BCUT2D eigenvalue weighted by atomic mass is 9.73. The van der Waals surface area contributed by atoms with Crippen molar-refractivity contribution in [1.29, 1.82) is 0 Å². The van der Waals surface area contributed by atoms with Crippen LogP contribution in [-0.4, -0.2) is 33.7 Å². The van der Waals surface area contributed by atoms with Gasteiger partial charge in [-0.05, 0) is 42.9 Å². The van der Waals surface area contributed by atoms with Crippen LogP contribution in [0.3, 0.4) is 0 Å². The Kier molecular flexibility index (Phi) is 4.54. The Balaban J connectivity index is 1.46. The molecule has 1 aliphatic heterocycles. The second-order valence-electron chi connectivity index (χ2n) is 8.00. The first-order chi connectivity index (χ1) is 14.2. The largest absolute Gasteiger partial charge is 0.459 e. The summed E-state index contributed by atoms with van der Waals surface area (Å²) in [4.78, 5) is 27.4. The fraction of sp³-hybridized carbons (Fsp3) is 0.348. The molecule has 0 N–H and O–H groups in total. The molecule has 0 spiro atoms. The highest BCUT2D eigenvalue weighted by molar-refractivity contribution is 5.91. The van der Waals surface area contributed by atoms with Gasteiger partial charge in [-0.1, -0.05) is 36.8 Å². The Morgan fingerprint density at radius 1 is 0.966 bits per heavy atom.